The standard InChI is InChI=1S/C22H27N5O/c1-23-22(24-14-12-18-8-5-6-11-21(18)28-2)25-16-19-9-3-4-10-20(19)17-27-15-7-13-26-27/h3-11,13,15H,12,14,16-17H2,1-2H3,(H2,23,24,25). The van der Waals surface area contributed by atoms with E-state index in [-0.39, 0.29) is 0 Å². The van der Waals surface area contributed by atoms with E-state index in [0.717, 1.165) is 31.2 Å². The minimum absolute atomic E-state index is 0.700. The first kappa shape index (κ1) is 19.5. The molecule has 146 valence electrons. The molecule has 2 aromatic carbocycles. The number of rotatable bonds is 8. The molecule has 0 spiro atoms. The van der Waals surface area contributed by atoms with Gasteiger partial charge in [0.1, 0.15) is 5.75 Å². The van der Waals surface area contributed by atoms with Crippen molar-refractivity contribution in [2.24, 2.45) is 4.99 Å². The van der Waals surface area contributed by atoms with Crippen molar-refractivity contribution in [3.8, 4) is 5.75 Å². The molecule has 0 amide bonds. The van der Waals surface area contributed by atoms with Gasteiger partial charge in [0.15, 0.2) is 5.96 Å². The van der Waals surface area contributed by atoms with Crippen molar-refractivity contribution in [1.29, 1.82) is 0 Å². The third-order valence-electron chi connectivity index (χ3n) is 4.56. The van der Waals surface area contributed by atoms with Crippen molar-refractivity contribution in [2.45, 2.75) is 19.5 Å². The van der Waals surface area contributed by atoms with Gasteiger partial charge in [-0.05, 0) is 35.2 Å². The third kappa shape index (κ3) is 5.36. The van der Waals surface area contributed by atoms with Gasteiger partial charge >= 0.3 is 0 Å². The lowest BCUT2D eigenvalue weighted by atomic mass is 10.1. The third-order valence-corrected chi connectivity index (χ3v) is 4.56. The molecule has 0 aliphatic heterocycles. The Morgan fingerprint density at radius 1 is 1.00 bits per heavy atom. The molecule has 1 aromatic heterocycles. The first-order chi connectivity index (χ1) is 13.8. The summed E-state index contributed by atoms with van der Waals surface area (Å²) < 4.78 is 7.34. The number of guanidine groups is 1. The maximum absolute atomic E-state index is 5.41. The topological polar surface area (TPSA) is 63.5 Å². The molecule has 0 fully saturated rings. The van der Waals surface area contributed by atoms with Crippen molar-refractivity contribution < 1.29 is 4.74 Å². The summed E-state index contributed by atoms with van der Waals surface area (Å²) in [7, 11) is 3.49. The number of nitrogens with zero attached hydrogens (tertiary/aromatic N) is 3. The number of hydrogen-bond donors (Lipinski definition) is 2. The average molecular weight is 377 g/mol. The van der Waals surface area contributed by atoms with Gasteiger partial charge in [0.25, 0.3) is 0 Å². The summed E-state index contributed by atoms with van der Waals surface area (Å²) in [6, 6.07) is 18.4. The summed E-state index contributed by atoms with van der Waals surface area (Å²) in [6.45, 7) is 2.23. The first-order valence-electron chi connectivity index (χ1n) is 9.40. The van der Waals surface area contributed by atoms with Gasteiger partial charge in [0.2, 0.25) is 0 Å². The van der Waals surface area contributed by atoms with Crippen LogP contribution in [-0.2, 0) is 19.5 Å². The summed E-state index contributed by atoms with van der Waals surface area (Å²) in [5, 5.41) is 11.1. The molecule has 0 aliphatic rings. The number of aliphatic imine (C=N–C) groups is 1. The minimum Gasteiger partial charge on any atom is -0.496 e. The van der Waals surface area contributed by atoms with Gasteiger partial charge in [-0.3, -0.25) is 9.67 Å². The van der Waals surface area contributed by atoms with E-state index in [4.69, 9.17) is 4.74 Å². The van der Waals surface area contributed by atoms with Gasteiger partial charge in [0, 0.05) is 32.5 Å². The van der Waals surface area contributed by atoms with Crippen LogP contribution < -0.4 is 15.4 Å². The summed E-state index contributed by atoms with van der Waals surface area (Å²) in [4.78, 5) is 4.33. The van der Waals surface area contributed by atoms with Gasteiger partial charge < -0.3 is 15.4 Å². The van der Waals surface area contributed by atoms with Gasteiger partial charge in [-0.1, -0.05) is 42.5 Å². The molecular formula is C22H27N5O. The zero-order valence-electron chi connectivity index (χ0n) is 16.4. The normalized spacial score (nSPS) is 11.3. The Bertz CT molecular complexity index is 889. The van der Waals surface area contributed by atoms with Gasteiger partial charge in [-0.15, -0.1) is 0 Å². The van der Waals surface area contributed by atoms with E-state index >= 15 is 0 Å². The molecule has 6 nitrogen and oxygen atoms in total. The molecule has 1 heterocycles. The monoisotopic (exact) mass is 377 g/mol. The highest BCUT2D eigenvalue weighted by Gasteiger charge is 2.06. The molecule has 3 rings (SSSR count). The number of nitrogens with one attached hydrogen (secondary N) is 2. The predicted octanol–water partition coefficient (Wildman–Crippen LogP) is 2.85. The molecule has 0 radical (unpaired) electrons. The fourth-order valence-corrected chi connectivity index (χ4v) is 3.08. The lowest BCUT2D eigenvalue weighted by molar-refractivity contribution is 0.409. The Morgan fingerprint density at radius 3 is 2.46 bits per heavy atom. The molecule has 6 heteroatoms. The van der Waals surface area contributed by atoms with Crippen LogP contribution in [0.15, 0.2) is 72.0 Å². The van der Waals surface area contributed by atoms with Crippen LogP contribution in [0.25, 0.3) is 0 Å². The van der Waals surface area contributed by atoms with E-state index in [1.165, 1.54) is 16.7 Å². The van der Waals surface area contributed by atoms with Crippen LogP contribution in [0, 0.1) is 0 Å². The molecule has 0 saturated carbocycles. The van der Waals surface area contributed by atoms with Crippen LogP contribution in [0.5, 0.6) is 5.75 Å². The Kier molecular flexibility index (Phi) is 7.07. The van der Waals surface area contributed by atoms with Crippen molar-refractivity contribution in [2.75, 3.05) is 20.7 Å². The lowest BCUT2D eigenvalue weighted by Crippen LogP contribution is -2.38. The summed E-state index contributed by atoms with van der Waals surface area (Å²) >= 11 is 0. The fourth-order valence-electron chi connectivity index (χ4n) is 3.08. The highest BCUT2D eigenvalue weighted by molar-refractivity contribution is 5.79. The molecule has 3 aromatic rings. The van der Waals surface area contributed by atoms with Crippen LogP contribution in [0.3, 0.4) is 0 Å². The number of methoxy groups -OCH3 is 1. The largest absolute Gasteiger partial charge is 0.496 e. The highest BCUT2D eigenvalue weighted by Crippen LogP contribution is 2.17. The maximum atomic E-state index is 5.41. The van der Waals surface area contributed by atoms with Crippen LogP contribution in [-0.4, -0.2) is 36.4 Å². The zero-order valence-corrected chi connectivity index (χ0v) is 16.4. The van der Waals surface area contributed by atoms with E-state index in [0.29, 0.717) is 6.54 Å². The molecular weight excluding hydrogens is 350 g/mol. The van der Waals surface area contributed by atoms with Crippen LogP contribution in [0.1, 0.15) is 16.7 Å². The van der Waals surface area contributed by atoms with Crippen molar-refractivity contribution >= 4 is 5.96 Å². The Labute approximate surface area is 166 Å². The maximum Gasteiger partial charge on any atom is 0.191 e. The average Bonchev–Trinajstić information content (AvgIpc) is 3.25. The Hall–Kier alpha value is -3.28. The SMILES string of the molecule is CN=C(NCCc1ccccc1OC)NCc1ccccc1Cn1cccn1. The van der Waals surface area contributed by atoms with E-state index in [1.54, 1.807) is 20.4 Å². The summed E-state index contributed by atoms with van der Waals surface area (Å²) in [6.07, 6.45) is 4.64. The number of para-hydroxylation sites is 1. The first-order valence-corrected chi connectivity index (χ1v) is 9.40. The smallest absolute Gasteiger partial charge is 0.191 e. The Morgan fingerprint density at radius 2 is 1.75 bits per heavy atom. The molecule has 0 unspecified atom stereocenters. The van der Waals surface area contributed by atoms with Crippen molar-refractivity contribution in [3.05, 3.63) is 83.7 Å². The molecule has 2 N–H and O–H groups in total. The van der Waals surface area contributed by atoms with Crippen LogP contribution in [0.2, 0.25) is 0 Å². The fraction of sp³-hybridized carbons (Fsp3) is 0.273. The van der Waals surface area contributed by atoms with Crippen LogP contribution >= 0.6 is 0 Å². The summed E-state index contributed by atoms with van der Waals surface area (Å²) in [5.41, 5.74) is 3.64. The highest BCUT2D eigenvalue weighted by atomic mass is 16.5. The predicted molar refractivity (Wildman–Crippen MR) is 113 cm³/mol. The minimum atomic E-state index is 0.700. The molecule has 0 saturated heterocycles. The summed E-state index contributed by atoms with van der Waals surface area (Å²) in [5.74, 6) is 1.70. The van der Waals surface area contributed by atoms with E-state index < -0.39 is 0 Å². The van der Waals surface area contributed by atoms with E-state index in [1.807, 2.05) is 35.1 Å². The van der Waals surface area contributed by atoms with Crippen molar-refractivity contribution in [3.63, 3.8) is 0 Å². The zero-order chi connectivity index (χ0) is 19.6. The number of hydrogen-bond acceptors (Lipinski definition) is 3. The lowest BCUT2D eigenvalue weighted by Gasteiger charge is -2.15. The van der Waals surface area contributed by atoms with Crippen molar-refractivity contribution in [1.82, 2.24) is 20.4 Å². The van der Waals surface area contributed by atoms with E-state index in [9.17, 15) is 0 Å². The van der Waals surface area contributed by atoms with Gasteiger partial charge in [-0.25, -0.2) is 0 Å². The second-order valence-corrected chi connectivity index (χ2v) is 6.39. The van der Waals surface area contributed by atoms with Gasteiger partial charge in [-0.2, -0.15) is 5.10 Å². The second kappa shape index (κ2) is 10.2. The quantitative estimate of drug-likeness (QED) is 0.468. The second-order valence-electron chi connectivity index (χ2n) is 6.39. The Balaban J connectivity index is 1.53. The number of aromatic nitrogens is 2. The van der Waals surface area contributed by atoms with Gasteiger partial charge in [0.05, 0.1) is 13.7 Å². The number of benzene rings is 2. The molecule has 28 heavy (non-hydrogen) atoms. The van der Waals surface area contributed by atoms with E-state index in [2.05, 4.69) is 51.1 Å². The van der Waals surface area contributed by atoms with Crippen LogP contribution in [0.4, 0.5) is 0 Å². The molecule has 0 bridgehead atoms. The number of ether oxygens (including phenoxy) is 1. The molecule has 0 aliphatic carbocycles. The molecule has 0 atom stereocenters.